The summed E-state index contributed by atoms with van der Waals surface area (Å²) in [6, 6.07) is 44.7. The molecule has 7 rings (SSSR count). The standard InChI is InChI=1S/C38H34S2/c1-39(2)25-35(27-14-7-5-8-15-27)33-22-12-20-31(37(33)39)29-18-11-19-30(24-29)32-21-13-23-34-36(26-40(3,4)38(32)34)28-16-9-6-10-17-28/h5-26H,1-4H3. The van der Waals surface area contributed by atoms with Crippen LogP contribution in [-0.2, 0) is 0 Å². The Morgan fingerprint density at radius 3 is 1.12 bits per heavy atom. The molecule has 0 N–H and O–H groups in total. The minimum Gasteiger partial charge on any atom is -0.198 e. The maximum Gasteiger partial charge on any atom is 0.00892 e. The van der Waals surface area contributed by atoms with Crippen molar-refractivity contribution in [1.29, 1.82) is 0 Å². The number of hydrogen-bond acceptors (Lipinski definition) is 0. The topological polar surface area (TPSA) is 0 Å². The van der Waals surface area contributed by atoms with Crippen molar-refractivity contribution in [3.05, 3.63) is 154 Å². The van der Waals surface area contributed by atoms with E-state index >= 15 is 0 Å². The lowest BCUT2D eigenvalue weighted by Crippen LogP contribution is -1.96. The summed E-state index contributed by atoms with van der Waals surface area (Å²) in [6.07, 6.45) is 9.73. The summed E-state index contributed by atoms with van der Waals surface area (Å²) in [7, 11) is -2.18. The minimum absolute atomic E-state index is 1.09. The quantitative estimate of drug-likeness (QED) is 0.207. The van der Waals surface area contributed by atoms with Crippen LogP contribution in [0.3, 0.4) is 0 Å². The lowest BCUT2D eigenvalue weighted by molar-refractivity contribution is 1.37. The van der Waals surface area contributed by atoms with Gasteiger partial charge in [-0.15, -0.1) is 0 Å². The Balaban J connectivity index is 1.35. The molecule has 198 valence electrons. The first-order valence-electron chi connectivity index (χ1n) is 13.7. The van der Waals surface area contributed by atoms with Gasteiger partial charge in [-0.2, -0.15) is 20.1 Å². The second kappa shape index (κ2) is 9.44. The highest BCUT2D eigenvalue weighted by Crippen LogP contribution is 2.65. The van der Waals surface area contributed by atoms with Gasteiger partial charge in [-0.1, -0.05) is 115 Å². The maximum atomic E-state index is 2.53. The van der Waals surface area contributed by atoms with Crippen LogP contribution in [0, 0.1) is 0 Å². The van der Waals surface area contributed by atoms with Crippen molar-refractivity contribution in [1.82, 2.24) is 0 Å². The molecule has 0 atom stereocenters. The first kappa shape index (κ1) is 25.3. The molecular weight excluding hydrogens is 521 g/mol. The Labute approximate surface area is 241 Å². The zero-order chi connectivity index (χ0) is 27.5. The van der Waals surface area contributed by atoms with Gasteiger partial charge >= 0.3 is 0 Å². The molecule has 40 heavy (non-hydrogen) atoms. The predicted octanol–water partition coefficient (Wildman–Crippen LogP) is 10.7. The van der Waals surface area contributed by atoms with E-state index in [0.29, 0.717) is 0 Å². The van der Waals surface area contributed by atoms with Crippen molar-refractivity contribution >= 4 is 31.2 Å². The lowest BCUT2D eigenvalue weighted by Gasteiger charge is -2.28. The van der Waals surface area contributed by atoms with Crippen molar-refractivity contribution in [2.45, 2.75) is 9.79 Å². The van der Waals surface area contributed by atoms with Crippen LogP contribution < -0.4 is 0 Å². The molecule has 0 saturated heterocycles. The van der Waals surface area contributed by atoms with Crippen molar-refractivity contribution in [2.24, 2.45) is 0 Å². The van der Waals surface area contributed by atoms with Crippen LogP contribution in [-0.4, -0.2) is 25.0 Å². The SMILES string of the molecule is CS1(C)C=C(c2ccccc2)c2cccc(-c3cccc(-c4cccc5c4S(C)(C)C=C5c4ccccc4)c3)c21. The van der Waals surface area contributed by atoms with Crippen molar-refractivity contribution in [2.75, 3.05) is 25.0 Å². The Kier molecular flexibility index (Phi) is 5.96. The minimum atomic E-state index is -1.09. The Hall–Kier alpha value is -3.72. The predicted molar refractivity (Wildman–Crippen MR) is 180 cm³/mol. The first-order valence-corrected chi connectivity index (χ1v) is 18.7. The molecule has 0 saturated carbocycles. The summed E-state index contributed by atoms with van der Waals surface area (Å²) < 4.78 is 0. The van der Waals surface area contributed by atoms with Gasteiger partial charge in [0, 0.05) is 9.79 Å². The van der Waals surface area contributed by atoms with E-state index in [2.05, 4.69) is 157 Å². The molecule has 0 unspecified atom stereocenters. The zero-order valence-electron chi connectivity index (χ0n) is 23.5. The van der Waals surface area contributed by atoms with E-state index in [4.69, 9.17) is 0 Å². The van der Waals surface area contributed by atoms with Gasteiger partial charge in [0.1, 0.15) is 0 Å². The van der Waals surface area contributed by atoms with Gasteiger partial charge in [-0.25, -0.2) is 0 Å². The molecule has 2 aliphatic heterocycles. The number of rotatable bonds is 4. The van der Waals surface area contributed by atoms with Crippen LogP contribution in [0.25, 0.3) is 33.4 Å². The molecule has 0 spiro atoms. The molecule has 0 aliphatic carbocycles. The fraction of sp³-hybridized carbons (Fsp3) is 0.105. The van der Waals surface area contributed by atoms with E-state index in [1.54, 1.807) is 0 Å². The van der Waals surface area contributed by atoms with E-state index in [1.165, 1.54) is 65.4 Å². The zero-order valence-corrected chi connectivity index (χ0v) is 25.2. The third kappa shape index (κ3) is 4.10. The third-order valence-electron chi connectivity index (χ3n) is 8.14. The normalized spacial score (nSPS) is 17.8. The summed E-state index contributed by atoms with van der Waals surface area (Å²) in [5.41, 5.74) is 13.5. The molecule has 0 aromatic heterocycles. The summed E-state index contributed by atoms with van der Waals surface area (Å²) >= 11 is 0. The van der Waals surface area contributed by atoms with Crippen molar-refractivity contribution in [3.8, 4) is 22.3 Å². The molecule has 0 amide bonds. The first-order chi connectivity index (χ1) is 19.3. The molecule has 2 heterocycles. The molecule has 0 fully saturated rings. The molecule has 0 bridgehead atoms. The van der Waals surface area contributed by atoms with Crippen LogP contribution in [0.2, 0.25) is 0 Å². The van der Waals surface area contributed by atoms with Crippen molar-refractivity contribution in [3.63, 3.8) is 0 Å². The second-order valence-corrected chi connectivity index (χ2v) is 18.5. The summed E-state index contributed by atoms with van der Waals surface area (Å²) in [4.78, 5) is 3.01. The monoisotopic (exact) mass is 554 g/mol. The van der Waals surface area contributed by atoms with E-state index in [1.807, 2.05) is 0 Å². The maximum absolute atomic E-state index is 2.53. The average Bonchev–Trinajstić information content (AvgIpc) is 3.43. The number of fused-ring (bicyclic) bond motifs is 2. The van der Waals surface area contributed by atoms with Gasteiger partial charge < -0.3 is 0 Å². The van der Waals surface area contributed by atoms with Crippen LogP contribution in [0.5, 0.6) is 0 Å². The summed E-state index contributed by atoms with van der Waals surface area (Å²) in [5, 5.41) is 5.07. The Morgan fingerprint density at radius 1 is 0.350 bits per heavy atom. The van der Waals surface area contributed by atoms with Gasteiger partial charge in [0.25, 0.3) is 0 Å². The van der Waals surface area contributed by atoms with Gasteiger partial charge in [0.15, 0.2) is 0 Å². The lowest BCUT2D eigenvalue weighted by atomic mass is 9.93. The molecule has 0 nitrogen and oxygen atoms in total. The Morgan fingerprint density at radius 2 is 0.700 bits per heavy atom. The van der Waals surface area contributed by atoms with Crippen LogP contribution in [0.4, 0.5) is 0 Å². The molecule has 2 heteroatoms. The van der Waals surface area contributed by atoms with Crippen molar-refractivity contribution < 1.29 is 0 Å². The van der Waals surface area contributed by atoms with Gasteiger partial charge in [0.2, 0.25) is 0 Å². The largest absolute Gasteiger partial charge is 0.198 e. The van der Waals surface area contributed by atoms with E-state index in [-0.39, 0.29) is 0 Å². The fourth-order valence-corrected chi connectivity index (χ4v) is 11.4. The molecule has 2 aliphatic rings. The van der Waals surface area contributed by atoms with Gasteiger partial charge in [0.05, 0.1) is 0 Å². The summed E-state index contributed by atoms with van der Waals surface area (Å²) in [6.45, 7) is 0. The van der Waals surface area contributed by atoms with Crippen LogP contribution >= 0.6 is 20.1 Å². The highest BCUT2D eigenvalue weighted by Gasteiger charge is 2.31. The number of hydrogen-bond donors (Lipinski definition) is 0. The average molecular weight is 555 g/mol. The van der Waals surface area contributed by atoms with E-state index < -0.39 is 20.1 Å². The number of benzene rings is 5. The van der Waals surface area contributed by atoms with E-state index in [9.17, 15) is 0 Å². The van der Waals surface area contributed by atoms with Gasteiger partial charge in [-0.3, -0.25) is 0 Å². The molecule has 0 radical (unpaired) electrons. The van der Waals surface area contributed by atoms with Crippen LogP contribution in [0.1, 0.15) is 22.3 Å². The summed E-state index contributed by atoms with van der Waals surface area (Å²) in [5.74, 6) is 0. The molecule has 5 aromatic rings. The smallest absolute Gasteiger partial charge is 0.00892 e. The Bertz CT molecular complexity index is 1690. The molecular formula is C38H34S2. The van der Waals surface area contributed by atoms with Crippen LogP contribution in [0.15, 0.2) is 142 Å². The highest BCUT2D eigenvalue weighted by molar-refractivity contribution is 8.35. The van der Waals surface area contributed by atoms with E-state index in [0.717, 1.165) is 0 Å². The fourth-order valence-electron chi connectivity index (χ4n) is 6.46. The highest BCUT2D eigenvalue weighted by atomic mass is 32.3. The second-order valence-electron chi connectivity index (χ2n) is 11.6. The van der Waals surface area contributed by atoms with Gasteiger partial charge in [-0.05, 0) is 97.6 Å². The third-order valence-corrected chi connectivity index (χ3v) is 12.8. The molecule has 5 aromatic carbocycles.